The maximum atomic E-state index is 13.7. The molecule has 0 heterocycles. The molecular formula is C44H38Cl4N4O6S2. The number of aryl methyl sites for hydroxylation is 2. The molecule has 0 aliphatic rings. The number of anilines is 4. The van der Waals surface area contributed by atoms with Crippen LogP contribution in [0.5, 0.6) is 0 Å². The van der Waals surface area contributed by atoms with Gasteiger partial charge in [-0.25, -0.2) is 16.8 Å². The van der Waals surface area contributed by atoms with Crippen molar-refractivity contribution in [3.63, 3.8) is 0 Å². The van der Waals surface area contributed by atoms with E-state index in [-0.39, 0.29) is 54.1 Å². The molecule has 0 fully saturated rings. The van der Waals surface area contributed by atoms with E-state index in [1.54, 1.807) is 98.8 Å². The number of nitrogens with one attached hydrogen (secondary N) is 2. The Morgan fingerprint density at radius 2 is 0.817 bits per heavy atom. The summed E-state index contributed by atoms with van der Waals surface area (Å²) in [6.07, 6.45) is 1.32. The number of para-hydroxylation sites is 2. The molecule has 0 unspecified atom stereocenters. The molecule has 6 aromatic rings. The van der Waals surface area contributed by atoms with E-state index in [0.29, 0.717) is 35.6 Å². The summed E-state index contributed by atoms with van der Waals surface area (Å²) in [5, 5.41) is 5.34. The molecule has 0 bridgehead atoms. The van der Waals surface area contributed by atoms with Crippen molar-refractivity contribution in [2.75, 3.05) is 32.3 Å². The molecule has 0 aliphatic carbocycles. The minimum absolute atomic E-state index is 0.00206. The van der Waals surface area contributed by atoms with Crippen molar-refractivity contribution in [2.45, 2.75) is 36.5 Å². The van der Waals surface area contributed by atoms with E-state index in [0.717, 1.165) is 11.1 Å². The number of amides is 2. The van der Waals surface area contributed by atoms with Crippen LogP contribution in [-0.4, -0.2) is 41.7 Å². The molecule has 0 saturated carbocycles. The lowest BCUT2D eigenvalue weighted by Crippen LogP contribution is -2.31. The summed E-state index contributed by atoms with van der Waals surface area (Å²) in [6, 6.07) is 36.5. The summed E-state index contributed by atoms with van der Waals surface area (Å²) in [4.78, 5) is 26.2. The first kappa shape index (κ1) is 44.5. The molecular weight excluding hydrogens is 886 g/mol. The highest BCUT2D eigenvalue weighted by atomic mass is 35.5. The first-order chi connectivity index (χ1) is 28.6. The van der Waals surface area contributed by atoms with E-state index in [2.05, 4.69) is 10.6 Å². The first-order valence-electron chi connectivity index (χ1n) is 18.6. The molecule has 10 nitrogen and oxygen atoms in total. The molecule has 16 heteroatoms. The van der Waals surface area contributed by atoms with Gasteiger partial charge in [-0.2, -0.15) is 0 Å². The first-order valence-corrected chi connectivity index (χ1v) is 23.0. The van der Waals surface area contributed by atoms with Crippen molar-refractivity contribution in [1.29, 1.82) is 0 Å². The Morgan fingerprint density at radius 3 is 1.13 bits per heavy atom. The zero-order valence-electron chi connectivity index (χ0n) is 32.2. The van der Waals surface area contributed by atoms with Gasteiger partial charge in [-0.05, 0) is 111 Å². The fraction of sp³-hybridized carbons (Fsp3) is 0.136. The van der Waals surface area contributed by atoms with E-state index in [1.165, 1.54) is 32.9 Å². The van der Waals surface area contributed by atoms with Gasteiger partial charge in [0, 0.05) is 24.5 Å². The number of rotatable bonds is 15. The van der Waals surface area contributed by atoms with Gasteiger partial charge in [0.2, 0.25) is 0 Å². The molecule has 60 heavy (non-hydrogen) atoms. The summed E-state index contributed by atoms with van der Waals surface area (Å²) in [7, 11) is -8.28. The Kier molecular flexibility index (Phi) is 14.2. The zero-order valence-corrected chi connectivity index (χ0v) is 36.9. The number of benzene rings is 6. The lowest BCUT2D eigenvalue weighted by molar-refractivity contribution is 0.101. The molecule has 0 saturated heterocycles. The Labute approximate surface area is 369 Å². The van der Waals surface area contributed by atoms with Gasteiger partial charge in [-0.15, -0.1) is 0 Å². The van der Waals surface area contributed by atoms with Gasteiger partial charge < -0.3 is 10.6 Å². The highest BCUT2D eigenvalue weighted by molar-refractivity contribution is 7.93. The Morgan fingerprint density at radius 1 is 0.483 bits per heavy atom. The molecule has 6 rings (SSSR count). The summed E-state index contributed by atoms with van der Waals surface area (Å²) < 4.78 is 57.2. The molecule has 0 radical (unpaired) electrons. The van der Waals surface area contributed by atoms with E-state index in [4.69, 9.17) is 46.4 Å². The van der Waals surface area contributed by atoms with Crippen LogP contribution in [0.2, 0.25) is 20.1 Å². The highest BCUT2D eigenvalue weighted by Crippen LogP contribution is 2.35. The summed E-state index contributed by atoms with van der Waals surface area (Å²) in [5.74, 6) is -1.21. The summed E-state index contributed by atoms with van der Waals surface area (Å²) in [5.41, 5.74) is 3.73. The Bertz CT molecular complexity index is 2550. The fourth-order valence-electron chi connectivity index (χ4n) is 6.41. The van der Waals surface area contributed by atoms with Gasteiger partial charge in [-0.1, -0.05) is 107 Å². The van der Waals surface area contributed by atoms with Crippen LogP contribution in [0.15, 0.2) is 143 Å². The third-order valence-corrected chi connectivity index (χ3v) is 14.8. The van der Waals surface area contributed by atoms with E-state index in [1.807, 2.05) is 24.3 Å². The van der Waals surface area contributed by atoms with Crippen LogP contribution in [-0.2, 0) is 32.9 Å². The predicted molar refractivity (Wildman–Crippen MR) is 242 cm³/mol. The highest BCUT2D eigenvalue weighted by Gasteiger charge is 2.30. The maximum Gasteiger partial charge on any atom is 0.265 e. The van der Waals surface area contributed by atoms with Gasteiger partial charge in [0.1, 0.15) is 9.79 Å². The standard InChI is InChI=1S/C44H38Cl4N4O6S2/c1-3-51(33-11-7-5-8-12-33)59(55,56)41-25-35(37(45)27-39(41)47)43(53)49-31-21-17-29(18-22-31)15-16-30-19-23-32(24-20-30)50-44(54)36-26-42(40(48)28-38(36)46)60(57,58)52(4-2)34-13-9-6-10-14-34/h5-14,17-28H,3-4,15-16H2,1-2H3,(H,49,53)(H,50,54). The van der Waals surface area contributed by atoms with Crippen molar-refractivity contribution in [2.24, 2.45) is 0 Å². The molecule has 2 N–H and O–H groups in total. The third kappa shape index (κ3) is 9.92. The van der Waals surface area contributed by atoms with Gasteiger partial charge in [-0.3, -0.25) is 18.2 Å². The van der Waals surface area contributed by atoms with Crippen LogP contribution in [0.4, 0.5) is 22.7 Å². The minimum Gasteiger partial charge on any atom is -0.322 e. The normalized spacial score (nSPS) is 11.5. The molecule has 0 aliphatic heterocycles. The van der Waals surface area contributed by atoms with Crippen molar-refractivity contribution in [3.05, 3.63) is 176 Å². The number of carbonyl (C=O) groups is 2. The fourth-order valence-corrected chi connectivity index (χ4v) is 11.0. The van der Waals surface area contributed by atoms with Crippen molar-refractivity contribution in [1.82, 2.24) is 0 Å². The molecule has 0 aromatic heterocycles. The second-order valence-corrected chi connectivity index (χ2v) is 18.6. The van der Waals surface area contributed by atoms with E-state index < -0.39 is 31.9 Å². The van der Waals surface area contributed by atoms with E-state index >= 15 is 0 Å². The quantitative estimate of drug-likeness (QED) is 0.105. The SMILES string of the molecule is CCN(c1ccccc1)S(=O)(=O)c1cc(C(=O)Nc2ccc(CCc3ccc(NC(=O)c4cc(S(=O)(=O)N(CC)c5ccccc5)c(Cl)cc4Cl)cc3)cc2)c(Cl)cc1Cl. The molecule has 6 aromatic carbocycles. The smallest absolute Gasteiger partial charge is 0.265 e. The monoisotopic (exact) mass is 922 g/mol. The van der Waals surface area contributed by atoms with Gasteiger partial charge in [0.25, 0.3) is 31.9 Å². The number of hydrogen-bond donors (Lipinski definition) is 2. The van der Waals surface area contributed by atoms with Gasteiger partial charge in [0.15, 0.2) is 0 Å². The summed E-state index contributed by atoms with van der Waals surface area (Å²) in [6.45, 7) is 3.67. The van der Waals surface area contributed by atoms with Crippen LogP contribution in [0.1, 0.15) is 45.7 Å². The largest absolute Gasteiger partial charge is 0.322 e. The van der Waals surface area contributed by atoms with Gasteiger partial charge >= 0.3 is 0 Å². The number of sulfonamides is 2. The number of nitrogens with zero attached hydrogens (tertiary/aromatic N) is 2. The number of hydrogen-bond acceptors (Lipinski definition) is 6. The van der Waals surface area contributed by atoms with Crippen LogP contribution < -0.4 is 19.2 Å². The predicted octanol–water partition coefficient (Wildman–Crippen LogP) is 11.0. The Balaban J connectivity index is 1.08. The maximum absolute atomic E-state index is 13.7. The van der Waals surface area contributed by atoms with Crippen LogP contribution in [0, 0.1) is 0 Å². The second kappa shape index (κ2) is 19.1. The van der Waals surface area contributed by atoms with Gasteiger partial charge in [0.05, 0.1) is 42.6 Å². The number of carbonyl (C=O) groups excluding carboxylic acids is 2. The molecule has 310 valence electrons. The van der Waals surface area contributed by atoms with Crippen molar-refractivity contribution < 1.29 is 26.4 Å². The third-order valence-electron chi connectivity index (χ3n) is 9.46. The zero-order chi connectivity index (χ0) is 43.2. The topological polar surface area (TPSA) is 133 Å². The minimum atomic E-state index is -4.14. The van der Waals surface area contributed by atoms with Crippen molar-refractivity contribution >= 4 is 101 Å². The van der Waals surface area contributed by atoms with Crippen LogP contribution in [0.25, 0.3) is 0 Å². The second-order valence-electron chi connectivity index (χ2n) is 13.3. The molecule has 0 atom stereocenters. The lowest BCUT2D eigenvalue weighted by atomic mass is 10.0. The lowest BCUT2D eigenvalue weighted by Gasteiger charge is -2.24. The summed E-state index contributed by atoms with van der Waals surface area (Å²) >= 11 is 25.5. The van der Waals surface area contributed by atoms with Crippen molar-refractivity contribution in [3.8, 4) is 0 Å². The van der Waals surface area contributed by atoms with Crippen LogP contribution in [0.3, 0.4) is 0 Å². The van der Waals surface area contributed by atoms with E-state index in [9.17, 15) is 26.4 Å². The molecule has 2 amide bonds. The average Bonchev–Trinajstić information content (AvgIpc) is 3.22. The number of halogens is 4. The molecule has 0 spiro atoms. The average molecular weight is 925 g/mol. The Hall–Kier alpha value is -5.08. The van der Waals surface area contributed by atoms with Crippen LogP contribution >= 0.6 is 46.4 Å².